The fraction of sp³-hybridized carbons (Fsp3) is 0.500. The van der Waals surface area contributed by atoms with Crippen LogP contribution in [0.4, 0.5) is 0 Å². The van der Waals surface area contributed by atoms with E-state index in [0.29, 0.717) is 0 Å². The van der Waals surface area contributed by atoms with Crippen molar-refractivity contribution in [1.29, 1.82) is 5.26 Å². The molecule has 17 heavy (non-hydrogen) atoms. The van der Waals surface area contributed by atoms with Gasteiger partial charge in [-0.25, -0.2) is 0 Å². The highest BCUT2D eigenvalue weighted by atomic mass is 32.2. The van der Waals surface area contributed by atoms with Crippen molar-refractivity contribution in [2.24, 2.45) is 0 Å². The van der Waals surface area contributed by atoms with Crippen molar-refractivity contribution in [2.75, 3.05) is 25.4 Å². The van der Waals surface area contributed by atoms with E-state index in [-0.39, 0.29) is 0 Å². The molecule has 0 N–H and O–H groups in total. The summed E-state index contributed by atoms with van der Waals surface area (Å²) in [5, 5.41) is 8.70. The number of hydrogen-bond acceptors (Lipinski definition) is 3. The molecule has 1 rings (SSSR count). The van der Waals surface area contributed by atoms with Gasteiger partial charge >= 0.3 is 0 Å². The third-order valence-electron chi connectivity index (χ3n) is 2.80. The first-order valence-electron chi connectivity index (χ1n) is 6.09. The lowest BCUT2D eigenvalue weighted by atomic mass is 10.2. The first kappa shape index (κ1) is 14.1. The van der Waals surface area contributed by atoms with Crippen LogP contribution in [0.25, 0.3) is 0 Å². The molecule has 0 aromatic heterocycles. The normalized spacial score (nSPS) is 10.5. The molecule has 0 saturated heterocycles. The van der Waals surface area contributed by atoms with Crippen molar-refractivity contribution in [2.45, 2.75) is 19.6 Å². The lowest BCUT2D eigenvalue weighted by molar-refractivity contribution is 0.324. The Balaban J connectivity index is 2.24. The lowest BCUT2D eigenvalue weighted by Crippen LogP contribution is -2.25. The van der Waals surface area contributed by atoms with E-state index in [9.17, 15) is 0 Å². The van der Waals surface area contributed by atoms with Crippen LogP contribution < -0.4 is 0 Å². The maximum atomic E-state index is 8.70. The Kier molecular flexibility index (Phi) is 6.76. The van der Waals surface area contributed by atoms with Crippen LogP contribution in [-0.2, 0) is 5.75 Å². The van der Waals surface area contributed by atoms with Crippen molar-refractivity contribution in [3.63, 3.8) is 0 Å². The van der Waals surface area contributed by atoms with Gasteiger partial charge in [0.15, 0.2) is 0 Å². The predicted octanol–water partition coefficient (Wildman–Crippen LogP) is 3.13. The van der Waals surface area contributed by atoms with Crippen molar-refractivity contribution in [1.82, 2.24) is 4.90 Å². The topological polar surface area (TPSA) is 27.0 Å². The van der Waals surface area contributed by atoms with Crippen molar-refractivity contribution in [3.05, 3.63) is 35.4 Å². The zero-order valence-electron chi connectivity index (χ0n) is 10.6. The minimum absolute atomic E-state index is 0.738. The molecule has 0 aliphatic carbocycles. The molecular formula is C14H20N2S. The van der Waals surface area contributed by atoms with Crippen LogP contribution >= 0.6 is 11.8 Å². The van der Waals surface area contributed by atoms with Gasteiger partial charge in [0.2, 0.25) is 0 Å². The molecule has 0 heterocycles. The van der Waals surface area contributed by atoms with Gasteiger partial charge in [0, 0.05) is 18.1 Å². The number of hydrogen-bond donors (Lipinski definition) is 0. The molecule has 92 valence electrons. The largest absolute Gasteiger partial charge is 0.303 e. The molecule has 0 radical (unpaired) electrons. The van der Waals surface area contributed by atoms with E-state index in [1.54, 1.807) is 0 Å². The monoisotopic (exact) mass is 248 g/mol. The van der Waals surface area contributed by atoms with E-state index >= 15 is 0 Å². The van der Waals surface area contributed by atoms with Crippen LogP contribution in [0.15, 0.2) is 24.3 Å². The second kappa shape index (κ2) is 8.16. The molecule has 0 bridgehead atoms. The van der Waals surface area contributed by atoms with Gasteiger partial charge in [-0.15, -0.1) is 0 Å². The number of nitrogens with zero attached hydrogens (tertiary/aromatic N) is 2. The van der Waals surface area contributed by atoms with Crippen molar-refractivity contribution >= 4 is 11.8 Å². The summed E-state index contributed by atoms with van der Waals surface area (Å²) < 4.78 is 0. The van der Waals surface area contributed by atoms with Crippen LogP contribution in [0.2, 0.25) is 0 Å². The fourth-order valence-electron chi connectivity index (χ4n) is 1.60. The number of benzene rings is 1. The standard InChI is InChI=1S/C14H20N2S/c1-3-16(4-2)9-10-17-12-14-7-5-13(11-15)6-8-14/h5-8H,3-4,9-10,12H2,1-2H3. The average Bonchev–Trinajstić information content (AvgIpc) is 2.40. The van der Waals surface area contributed by atoms with Crippen LogP contribution in [0.1, 0.15) is 25.0 Å². The molecule has 0 fully saturated rings. The summed E-state index contributed by atoms with van der Waals surface area (Å²) in [6.45, 7) is 7.83. The zero-order chi connectivity index (χ0) is 12.5. The van der Waals surface area contributed by atoms with Gasteiger partial charge in [0.1, 0.15) is 0 Å². The van der Waals surface area contributed by atoms with E-state index < -0.39 is 0 Å². The molecule has 0 saturated carbocycles. The van der Waals surface area contributed by atoms with Gasteiger partial charge in [-0.2, -0.15) is 17.0 Å². The van der Waals surface area contributed by atoms with Crippen molar-refractivity contribution in [3.8, 4) is 6.07 Å². The van der Waals surface area contributed by atoms with E-state index in [1.165, 1.54) is 11.3 Å². The Morgan fingerprint density at radius 3 is 2.35 bits per heavy atom. The van der Waals surface area contributed by atoms with Gasteiger partial charge < -0.3 is 4.90 Å². The Labute approximate surface area is 109 Å². The van der Waals surface area contributed by atoms with Crippen LogP contribution in [0, 0.1) is 11.3 Å². The van der Waals surface area contributed by atoms with Crippen LogP contribution in [-0.4, -0.2) is 30.3 Å². The summed E-state index contributed by atoms with van der Waals surface area (Å²) in [5.41, 5.74) is 2.04. The van der Waals surface area contributed by atoms with Crippen molar-refractivity contribution < 1.29 is 0 Å². The summed E-state index contributed by atoms with van der Waals surface area (Å²) in [6, 6.07) is 10.0. The molecule has 0 aliphatic rings. The van der Waals surface area contributed by atoms with E-state index in [1.807, 2.05) is 36.0 Å². The maximum Gasteiger partial charge on any atom is 0.0991 e. The Morgan fingerprint density at radius 2 is 1.82 bits per heavy atom. The maximum absolute atomic E-state index is 8.70. The quantitative estimate of drug-likeness (QED) is 0.694. The van der Waals surface area contributed by atoms with E-state index in [0.717, 1.165) is 31.0 Å². The lowest BCUT2D eigenvalue weighted by Gasteiger charge is -2.17. The smallest absolute Gasteiger partial charge is 0.0991 e. The van der Waals surface area contributed by atoms with Gasteiger partial charge in [0.25, 0.3) is 0 Å². The second-order valence-electron chi connectivity index (χ2n) is 3.89. The van der Waals surface area contributed by atoms with E-state index in [2.05, 4.69) is 24.8 Å². The first-order valence-corrected chi connectivity index (χ1v) is 7.24. The van der Waals surface area contributed by atoms with Gasteiger partial charge in [-0.05, 0) is 30.8 Å². The summed E-state index contributed by atoms with van der Waals surface area (Å²) >= 11 is 1.95. The van der Waals surface area contributed by atoms with Gasteiger partial charge in [-0.1, -0.05) is 26.0 Å². The molecule has 0 atom stereocenters. The molecule has 3 heteroatoms. The summed E-state index contributed by atoms with van der Waals surface area (Å²) in [7, 11) is 0. The molecule has 0 unspecified atom stereocenters. The molecule has 0 amide bonds. The van der Waals surface area contributed by atoms with Crippen LogP contribution in [0.3, 0.4) is 0 Å². The molecule has 2 nitrogen and oxygen atoms in total. The average molecular weight is 248 g/mol. The van der Waals surface area contributed by atoms with Crippen LogP contribution in [0.5, 0.6) is 0 Å². The second-order valence-corrected chi connectivity index (χ2v) is 4.99. The Bertz CT molecular complexity index is 349. The molecule has 0 aliphatic heterocycles. The third kappa shape index (κ3) is 5.25. The van der Waals surface area contributed by atoms with Gasteiger partial charge in [0.05, 0.1) is 11.6 Å². The SMILES string of the molecule is CCN(CC)CCSCc1ccc(C#N)cc1. The first-order chi connectivity index (χ1) is 8.30. The summed E-state index contributed by atoms with van der Waals surface area (Å²) in [4.78, 5) is 2.44. The number of rotatable bonds is 7. The molecule has 1 aromatic carbocycles. The minimum Gasteiger partial charge on any atom is -0.303 e. The third-order valence-corrected chi connectivity index (χ3v) is 3.81. The Morgan fingerprint density at radius 1 is 1.18 bits per heavy atom. The summed E-state index contributed by atoms with van der Waals surface area (Å²) in [6.07, 6.45) is 0. The minimum atomic E-state index is 0.738. The zero-order valence-corrected chi connectivity index (χ0v) is 11.5. The Hall–Kier alpha value is -0.980. The molecule has 1 aromatic rings. The van der Waals surface area contributed by atoms with E-state index in [4.69, 9.17) is 5.26 Å². The number of nitriles is 1. The number of thioether (sulfide) groups is 1. The highest BCUT2D eigenvalue weighted by Crippen LogP contribution is 2.13. The summed E-state index contributed by atoms with van der Waals surface area (Å²) in [5.74, 6) is 2.20. The van der Waals surface area contributed by atoms with Gasteiger partial charge in [-0.3, -0.25) is 0 Å². The molecular weight excluding hydrogens is 228 g/mol. The fourth-order valence-corrected chi connectivity index (χ4v) is 2.56. The predicted molar refractivity (Wildman–Crippen MR) is 75.1 cm³/mol. The highest BCUT2D eigenvalue weighted by Gasteiger charge is 1.99. The highest BCUT2D eigenvalue weighted by molar-refractivity contribution is 7.98. The molecule has 0 spiro atoms.